The maximum absolute atomic E-state index is 12.1. The minimum Gasteiger partial charge on any atom is -0.351 e. The summed E-state index contributed by atoms with van der Waals surface area (Å²) in [6.45, 7) is 5.42. The van der Waals surface area contributed by atoms with Gasteiger partial charge in [-0.05, 0) is 49.6 Å². The van der Waals surface area contributed by atoms with Crippen LogP contribution < -0.4 is 10.2 Å². The summed E-state index contributed by atoms with van der Waals surface area (Å²) in [4.78, 5) is 26.9. The van der Waals surface area contributed by atoms with Crippen LogP contribution in [-0.2, 0) is 16.1 Å². The average Bonchev–Trinajstić information content (AvgIpc) is 3.07. The summed E-state index contributed by atoms with van der Waals surface area (Å²) in [7, 11) is 0. The number of aryl methyl sites for hydroxylation is 2. The van der Waals surface area contributed by atoms with Crippen molar-refractivity contribution in [3.8, 4) is 0 Å². The lowest BCUT2D eigenvalue weighted by Crippen LogP contribution is -2.25. The van der Waals surface area contributed by atoms with Gasteiger partial charge in [-0.1, -0.05) is 29.8 Å². The zero-order chi connectivity index (χ0) is 18.5. The van der Waals surface area contributed by atoms with Crippen molar-refractivity contribution in [3.05, 3.63) is 59.2 Å². The Kier molecular flexibility index (Phi) is 5.99. The standard InChI is InChI=1S/C21H24N2O2S/c1-15-5-6-16(2)19(12-15)26-14-20(24)22-13-17-7-9-18(10-8-17)23-11-3-4-21(23)25/h5-10,12H,3-4,11,13-14H2,1-2H3,(H,22,24). The number of nitrogens with zero attached hydrogens (tertiary/aromatic N) is 1. The molecule has 3 rings (SSSR count). The van der Waals surface area contributed by atoms with Crippen LogP contribution in [0.25, 0.3) is 0 Å². The van der Waals surface area contributed by atoms with Gasteiger partial charge in [0.05, 0.1) is 5.75 Å². The second-order valence-electron chi connectivity index (χ2n) is 6.65. The topological polar surface area (TPSA) is 49.4 Å². The lowest BCUT2D eigenvalue weighted by Gasteiger charge is -2.16. The second-order valence-corrected chi connectivity index (χ2v) is 7.67. The Morgan fingerprint density at radius 2 is 1.92 bits per heavy atom. The molecule has 136 valence electrons. The van der Waals surface area contributed by atoms with Crippen LogP contribution in [0, 0.1) is 13.8 Å². The molecule has 0 bridgehead atoms. The van der Waals surface area contributed by atoms with E-state index in [-0.39, 0.29) is 11.8 Å². The minimum absolute atomic E-state index is 0.0229. The zero-order valence-electron chi connectivity index (χ0n) is 15.2. The minimum atomic E-state index is 0.0229. The summed E-state index contributed by atoms with van der Waals surface area (Å²) in [6.07, 6.45) is 1.56. The van der Waals surface area contributed by atoms with Gasteiger partial charge in [-0.15, -0.1) is 11.8 Å². The molecule has 1 saturated heterocycles. The molecule has 1 aliphatic rings. The van der Waals surface area contributed by atoms with E-state index >= 15 is 0 Å². The van der Waals surface area contributed by atoms with Crippen LogP contribution in [0.15, 0.2) is 47.4 Å². The van der Waals surface area contributed by atoms with E-state index in [4.69, 9.17) is 0 Å². The first kappa shape index (κ1) is 18.5. The largest absolute Gasteiger partial charge is 0.351 e. The fourth-order valence-electron chi connectivity index (χ4n) is 2.97. The Morgan fingerprint density at radius 3 is 2.62 bits per heavy atom. The molecule has 2 aromatic rings. The molecule has 0 aromatic heterocycles. The van der Waals surface area contributed by atoms with Gasteiger partial charge in [-0.3, -0.25) is 9.59 Å². The molecule has 1 fully saturated rings. The van der Waals surface area contributed by atoms with Crippen molar-refractivity contribution in [1.29, 1.82) is 0 Å². The zero-order valence-corrected chi connectivity index (χ0v) is 16.1. The first-order valence-corrected chi connectivity index (χ1v) is 9.87. The van der Waals surface area contributed by atoms with Crippen LogP contribution in [0.3, 0.4) is 0 Å². The first-order chi connectivity index (χ1) is 12.5. The summed E-state index contributed by atoms with van der Waals surface area (Å²) in [5, 5.41) is 2.96. The predicted molar refractivity (Wildman–Crippen MR) is 107 cm³/mol. The van der Waals surface area contributed by atoms with Crippen LogP contribution in [0.5, 0.6) is 0 Å². The third-order valence-electron chi connectivity index (χ3n) is 4.51. The number of thioether (sulfide) groups is 1. The van der Waals surface area contributed by atoms with Crippen molar-refractivity contribution < 1.29 is 9.59 Å². The Balaban J connectivity index is 1.48. The van der Waals surface area contributed by atoms with Gasteiger partial charge >= 0.3 is 0 Å². The van der Waals surface area contributed by atoms with Gasteiger partial charge in [0.15, 0.2) is 0 Å². The molecule has 1 aliphatic heterocycles. The van der Waals surface area contributed by atoms with Crippen molar-refractivity contribution in [2.24, 2.45) is 0 Å². The van der Waals surface area contributed by atoms with E-state index in [1.54, 1.807) is 11.8 Å². The molecule has 0 radical (unpaired) electrons. The van der Waals surface area contributed by atoms with Gasteiger partial charge in [0.25, 0.3) is 0 Å². The van der Waals surface area contributed by atoms with E-state index in [2.05, 4.69) is 37.4 Å². The number of carbonyl (C=O) groups is 2. The predicted octanol–water partition coefficient (Wildman–Crippen LogP) is 3.84. The highest BCUT2D eigenvalue weighted by atomic mass is 32.2. The lowest BCUT2D eigenvalue weighted by atomic mass is 10.2. The molecule has 26 heavy (non-hydrogen) atoms. The van der Waals surface area contributed by atoms with Crippen LogP contribution in [-0.4, -0.2) is 24.1 Å². The number of amides is 2. The molecule has 0 atom stereocenters. The number of nitrogens with one attached hydrogen (secondary N) is 1. The number of rotatable bonds is 6. The Bertz CT molecular complexity index is 802. The molecule has 1 N–H and O–H groups in total. The van der Waals surface area contributed by atoms with E-state index < -0.39 is 0 Å². The average molecular weight is 369 g/mol. The number of anilines is 1. The Morgan fingerprint density at radius 1 is 1.15 bits per heavy atom. The molecule has 5 heteroatoms. The number of carbonyl (C=O) groups excluding carboxylic acids is 2. The van der Waals surface area contributed by atoms with E-state index in [9.17, 15) is 9.59 Å². The highest BCUT2D eigenvalue weighted by Gasteiger charge is 2.21. The summed E-state index contributed by atoms with van der Waals surface area (Å²) in [5.74, 6) is 0.620. The monoisotopic (exact) mass is 368 g/mol. The van der Waals surface area contributed by atoms with E-state index in [1.165, 1.54) is 11.1 Å². The van der Waals surface area contributed by atoms with Crippen molar-refractivity contribution in [2.75, 3.05) is 17.2 Å². The second kappa shape index (κ2) is 8.41. The molecular weight excluding hydrogens is 344 g/mol. The van der Waals surface area contributed by atoms with Gasteiger partial charge in [0.2, 0.25) is 11.8 Å². The summed E-state index contributed by atoms with van der Waals surface area (Å²) in [6, 6.07) is 14.1. The summed E-state index contributed by atoms with van der Waals surface area (Å²) in [5.41, 5.74) is 4.37. The molecule has 0 unspecified atom stereocenters. The fourth-order valence-corrected chi connectivity index (χ4v) is 3.93. The van der Waals surface area contributed by atoms with Gasteiger partial charge in [-0.25, -0.2) is 0 Å². The third-order valence-corrected chi connectivity index (χ3v) is 5.67. The van der Waals surface area contributed by atoms with Crippen LogP contribution in [0.4, 0.5) is 5.69 Å². The maximum Gasteiger partial charge on any atom is 0.230 e. The van der Waals surface area contributed by atoms with Crippen molar-refractivity contribution in [2.45, 2.75) is 38.1 Å². The molecule has 0 spiro atoms. The molecular formula is C21H24N2O2S. The third kappa shape index (κ3) is 4.67. The number of hydrogen-bond donors (Lipinski definition) is 1. The summed E-state index contributed by atoms with van der Waals surface area (Å²) >= 11 is 1.57. The fraction of sp³-hybridized carbons (Fsp3) is 0.333. The first-order valence-electron chi connectivity index (χ1n) is 8.89. The normalized spacial score (nSPS) is 13.9. The molecule has 1 heterocycles. The molecule has 2 amide bonds. The van der Waals surface area contributed by atoms with Crippen molar-refractivity contribution in [1.82, 2.24) is 5.32 Å². The number of benzene rings is 2. The SMILES string of the molecule is Cc1ccc(C)c(SCC(=O)NCc2ccc(N3CCCC3=O)cc2)c1. The smallest absolute Gasteiger partial charge is 0.230 e. The highest BCUT2D eigenvalue weighted by molar-refractivity contribution is 8.00. The van der Waals surface area contributed by atoms with Gasteiger partial charge in [0.1, 0.15) is 0 Å². The van der Waals surface area contributed by atoms with E-state index in [0.29, 0.717) is 18.7 Å². The van der Waals surface area contributed by atoms with E-state index in [1.807, 2.05) is 29.2 Å². The summed E-state index contributed by atoms with van der Waals surface area (Å²) < 4.78 is 0. The molecule has 0 aliphatic carbocycles. The van der Waals surface area contributed by atoms with Gasteiger partial charge < -0.3 is 10.2 Å². The van der Waals surface area contributed by atoms with Crippen LogP contribution in [0.1, 0.15) is 29.5 Å². The molecule has 0 saturated carbocycles. The molecule has 2 aromatic carbocycles. The Labute approximate surface area is 159 Å². The maximum atomic E-state index is 12.1. The van der Waals surface area contributed by atoms with Crippen molar-refractivity contribution in [3.63, 3.8) is 0 Å². The van der Waals surface area contributed by atoms with Crippen molar-refractivity contribution >= 4 is 29.3 Å². The van der Waals surface area contributed by atoms with Gasteiger partial charge in [-0.2, -0.15) is 0 Å². The molecule has 4 nitrogen and oxygen atoms in total. The highest BCUT2D eigenvalue weighted by Crippen LogP contribution is 2.24. The lowest BCUT2D eigenvalue weighted by molar-refractivity contribution is -0.119. The van der Waals surface area contributed by atoms with Crippen LogP contribution in [0.2, 0.25) is 0 Å². The van der Waals surface area contributed by atoms with E-state index in [0.717, 1.165) is 29.1 Å². The van der Waals surface area contributed by atoms with Gasteiger partial charge in [0, 0.05) is 30.1 Å². The number of hydrogen-bond acceptors (Lipinski definition) is 3. The quantitative estimate of drug-likeness (QED) is 0.788. The Hall–Kier alpha value is -2.27. The van der Waals surface area contributed by atoms with Crippen LogP contribution >= 0.6 is 11.8 Å².